The SMILES string of the molecule is C#CCCCn1c(Cc2cc(Cl)ccc2C)nc2c(N)ncnc21.C#CCCCn1c(Cc2cccc(C)c2Cl)nc2c(N)ncnc21.CCC[C@H](C)n1c(Sc2cc(C)c(OC)c(C)c2)nc2c(N)ncnc21.COc1c(C)cc(Sc2nc3c(N)ncnc3n2C(C)C)cc1C.Cc1cc(Cl)cc(Sc2nc3c(N)nccc3n2CCCNC(C)C)c1. The van der Waals surface area contributed by atoms with Crippen molar-refractivity contribution in [2.24, 2.45) is 0 Å². The van der Waals surface area contributed by atoms with Gasteiger partial charge in [-0.2, -0.15) is 0 Å². The molecule has 0 bridgehead atoms. The van der Waals surface area contributed by atoms with Crippen LogP contribution in [0.1, 0.15) is 160 Å². The summed E-state index contributed by atoms with van der Waals surface area (Å²) in [6.45, 7) is 30.5. The molecule has 5 aromatic carbocycles. The summed E-state index contributed by atoms with van der Waals surface area (Å²) in [6.07, 6.45) is 25.9. The Hall–Kier alpha value is -11.5. The molecule has 0 aliphatic heterocycles. The average Bonchev–Trinajstić information content (AvgIpc) is 1.64. The molecule has 11 N–H and O–H groups in total. The van der Waals surface area contributed by atoms with Crippen molar-refractivity contribution in [3.05, 3.63) is 193 Å². The van der Waals surface area contributed by atoms with Crippen molar-refractivity contribution in [3.8, 4) is 36.2 Å². The van der Waals surface area contributed by atoms with Crippen LogP contribution in [0.15, 0.2) is 147 Å². The van der Waals surface area contributed by atoms with Crippen LogP contribution in [0.3, 0.4) is 0 Å². The minimum absolute atomic E-state index is 0.215. The van der Waals surface area contributed by atoms with Crippen LogP contribution in [0, 0.1) is 73.2 Å². The van der Waals surface area contributed by atoms with E-state index in [0.717, 1.165) is 200 Å². The van der Waals surface area contributed by atoms with Crippen LogP contribution >= 0.6 is 70.1 Å². The largest absolute Gasteiger partial charge is 0.496 e. The van der Waals surface area contributed by atoms with Gasteiger partial charge in [0.1, 0.15) is 54.0 Å². The van der Waals surface area contributed by atoms with Crippen LogP contribution in [0.4, 0.5) is 29.1 Å². The normalized spacial score (nSPS) is 11.5. The number of aromatic nitrogens is 19. The van der Waals surface area contributed by atoms with E-state index in [9.17, 15) is 0 Å². The Morgan fingerprint density at radius 1 is 0.460 bits per heavy atom. The first-order chi connectivity index (χ1) is 59.5. The molecule has 1 atom stereocenters. The summed E-state index contributed by atoms with van der Waals surface area (Å²) in [5.74, 6) is 11.0. The van der Waals surface area contributed by atoms with E-state index in [-0.39, 0.29) is 12.1 Å². The lowest BCUT2D eigenvalue weighted by Gasteiger charge is -2.16. The van der Waals surface area contributed by atoms with E-state index in [1.54, 1.807) is 55.7 Å². The maximum absolute atomic E-state index is 6.44. The minimum Gasteiger partial charge on any atom is -0.496 e. The first-order valence-electron chi connectivity index (χ1n) is 40.7. The second-order valence-electron chi connectivity index (χ2n) is 30.5. The molecule has 0 amide bonds. The number of rotatable bonds is 27. The standard InChI is InChI=1S/C19H24ClN5S.C19H25N5OS.2C18H18ClN5.C17H21N5OS/c1-12(2)22-6-4-8-25-16-5-7-23-18(21)17(16)24-19(25)26-15-10-13(3)9-14(20)11-15;1-6-7-13(4)24-18-15(17(20)21-10-22-18)23-19(24)26-14-8-11(2)16(25-5)12(3)9-14;1-3-4-5-9-24-14(10-13-8-6-7-12(2)15(13)19)23-16-17(20)21-11-22-18(16)24;1-3-4-5-8-24-15(10-13-9-14(19)7-6-12(13)2)23-16-17(20)21-11-22-18(16)24;1-9(2)22-16-13(15(18)19-8-20-16)21-17(22)24-12-6-10(3)14(23-5)11(4)7-12/h5,7,9-12,22H,4,6,8H2,1-3H3,(H2,21,23);8-10,13H,6-7H2,1-5H3,(H2,20,21,22);1,6-8,11H,4-5,9-10H2,2H3,(H2,20,21,22);1,6-7,9,11H,4-5,8,10H2,2H3,(H2,20,21,22);6-9H,1-5H3,(H2,18,19,20)/t;13-;;;/m.0.../s1. The Kier molecular flexibility index (Phi) is 32.5. The fourth-order valence-electron chi connectivity index (χ4n) is 14.4. The van der Waals surface area contributed by atoms with Crippen LogP contribution < -0.4 is 43.5 Å². The van der Waals surface area contributed by atoms with E-state index in [0.29, 0.717) is 87.9 Å². The Bertz CT molecular complexity index is 6190. The predicted molar refractivity (Wildman–Crippen MR) is 506 cm³/mol. The summed E-state index contributed by atoms with van der Waals surface area (Å²) in [5, 5.41) is 8.32. The number of unbranched alkanes of at least 4 members (excludes halogenated alkanes) is 2. The number of nitrogens with zero attached hydrogens (tertiary/aromatic N) is 19. The van der Waals surface area contributed by atoms with Gasteiger partial charge in [0.2, 0.25) is 0 Å². The highest BCUT2D eigenvalue weighted by atomic mass is 35.5. The van der Waals surface area contributed by atoms with E-state index in [4.69, 9.17) is 95.8 Å². The number of benzene rings is 5. The molecule has 15 rings (SSSR count). The number of hydrogen-bond acceptors (Lipinski definition) is 25. The smallest absolute Gasteiger partial charge is 0.175 e. The Labute approximate surface area is 751 Å². The summed E-state index contributed by atoms with van der Waals surface area (Å²) in [7, 11) is 3.40. The van der Waals surface area contributed by atoms with Gasteiger partial charge in [0.15, 0.2) is 89.2 Å². The number of nitrogen functional groups attached to an aromatic ring is 5. The van der Waals surface area contributed by atoms with Gasteiger partial charge < -0.3 is 66.3 Å². The van der Waals surface area contributed by atoms with E-state index >= 15 is 0 Å². The first kappa shape index (κ1) is 93.2. The molecule has 0 saturated carbocycles. The number of halogens is 3. The Balaban J connectivity index is 0.000000151. The number of hydrogen-bond donors (Lipinski definition) is 6. The number of methoxy groups -OCH3 is 2. The van der Waals surface area contributed by atoms with Crippen LogP contribution in [-0.4, -0.2) is 119 Å². The number of fused-ring (bicyclic) bond motifs is 5. The average molecular weight is 1780 g/mol. The van der Waals surface area contributed by atoms with E-state index < -0.39 is 0 Å². The molecule has 124 heavy (non-hydrogen) atoms. The van der Waals surface area contributed by atoms with E-state index in [1.165, 1.54) is 30.9 Å². The molecule has 0 saturated heterocycles. The molecule has 0 radical (unpaired) electrons. The highest BCUT2D eigenvalue weighted by Crippen LogP contribution is 2.41. The van der Waals surface area contributed by atoms with Gasteiger partial charge in [-0.3, -0.25) is 0 Å². The van der Waals surface area contributed by atoms with Crippen molar-refractivity contribution in [3.63, 3.8) is 0 Å². The summed E-state index contributed by atoms with van der Waals surface area (Å²) in [6, 6.07) is 29.3. The van der Waals surface area contributed by atoms with Gasteiger partial charge in [0.25, 0.3) is 0 Å². The monoisotopic (exact) mass is 1780 g/mol. The summed E-state index contributed by atoms with van der Waals surface area (Å²) in [4.78, 5) is 64.7. The number of anilines is 5. The zero-order chi connectivity index (χ0) is 89.2. The molecule has 10 aromatic heterocycles. The fourth-order valence-corrected chi connectivity index (χ4v) is 18.7. The fraction of sp³-hybridized carbons (Fsp3) is 0.341. The molecule has 0 aliphatic carbocycles. The maximum Gasteiger partial charge on any atom is 0.175 e. The van der Waals surface area contributed by atoms with Crippen LogP contribution in [0.25, 0.3) is 55.7 Å². The van der Waals surface area contributed by atoms with Gasteiger partial charge in [-0.05, 0) is 212 Å². The quantitative estimate of drug-likeness (QED) is 0.0206. The number of nitrogens with one attached hydrogen (secondary N) is 1. The minimum atomic E-state index is 0.215. The summed E-state index contributed by atoms with van der Waals surface area (Å²) >= 11 is 23.6. The second-order valence-corrected chi connectivity index (χ2v) is 34.8. The van der Waals surface area contributed by atoms with Gasteiger partial charge in [0.05, 0.1) is 19.7 Å². The molecule has 15 aromatic rings. The third-order valence-electron chi connectivity index (χ3n) is 20.3. The molecule has 0 spiro atoms. The zero-order valence-electron chi connectivity index (χ0n) is 72.6. The van der Waals surface area contributed by atoms with Crippen molar-refractivity contribution in [1.29, 1.82) is 0 Å². The number of pyridine rings is 1. The van der Waals surface area contributed by atoms with Crippen molar-refractivity contribution >= 4 is 155 Å². The lowest BCUT2D eigenvalue weighted by atomic mass is 10.1. The van der Waals surface area contributed by atoms with E-state index in [2.05, 4.69) is 192 Å². The zero-order valence-corrected chi connectivity index (χ0v) is 77.3. The van der Waals surface area contributed by atoms with Crippen molar-refractivity contribution < 1.29 is 9.47 Å². The number of nitrogens with two attached hydrogens (primary N) is 5. The summed E-state index contributed by atoms with van der Waals surface area (Å²) in [5.41, 5.74) is 47.3. The van der Waals surface area contributed by atoms with Crippen LogP contribution in [0.5, 0.6) is 11.5 Å². The Morgan fingerprint density at radius 3 is 1.41 bits per heavy atom. The number of imidazole rings is 5. The van der Waals surface area contributed by atoms with E-state index in [1.807, 2.05) is 82.3 Å². The molecule has 0 fully saturated rings. The van der Waals surface area contributed by atoms with Crippen molar-refractivity contribution in [2.45, 2.75) is 216 Å². The number of aryl methyl sites for hydroxylation is 10. The molecule has 646 valence electrons. The molecule has 0 unspecified atom stereocenters. The molecular formula is C91H106Cl3N25O2S3. The van der Waals surface area contributed by atoms with Gasteiger partial charge in [-0.15, -0.1) is 24.7 Å². The first-order valence-corrected chi connectivity index (χ1v) is 44.3. The van der Waals surface area contributed by atoms with Crippen LogP contribution in [-0.2, 0) is 32.5 Å². The number of terminal acetylenes is 2. The predicted octanol–water partition coefficient (Wildman–Crippen LogP) is 19.6. The molecular weight excluding hydrogens is 1680 g/mol. The van der Waals surface area contributed by atoms with Crippen molar-refractivity contribution in [1.82, 2.24) is 97.9 Å². The number of ether oxygens (including phenoxy) is 2. The second kappa shape index (κ2) is 43.2. The summed E-state index contributed by atoms with van der Waals surface area (Å²) < 4.78 is 21.5. The Morgan fingerprint density at radius 2 is 0.919 bits per heavy atom. The third-order valence-corrected chi connectivity index (χ3v) is 24.1. The van der Waals surface area contributed by atoms with Gasteiger partial charge in [0, 0.05) is 99.4 Å². The van der Waals surface area contributed by atoms with Gasteiger partial charge in [-0.25, -0.2) is 69.8 Å². The highest BCUT2D eigenvalue weighted by Gasteiger charge is 2.25. The molecule has 10 heterocycles. The molecule has 0 aliphatic rings. The highest BCUT2D eigenvalue weighted by molar-refractivity contribution is 7.99. The van der Waals surface area contributed by atoms with Crippen molar-refractivity contribution in [2.75, 3.05) is 49.4 Å². The maximum atomic E-state index is 6.44. The third kappa shape index (κ3) is 22.7. The topological polar surface area (TPSA) is 366 Å². The lowest BCUT2D eigenvalue weighted by Crippen LogP contribution is -2.24. The molecule has 33 heteroatoms. The van der Waals surface area contributed by atoms with Gasteiger partial charge in [-0.1, -0.05) is 122 Å². The molecule has 27 nitrogen and oxygen atoms in total. The van der Waals surface area contributed by atoms with Gasteiger partial charge >= 0.3 is 0 Å². The lowest BCUT2D eigenvalue weighted by molar-refractivity contribution is 0.408. The van der Waals surface area contributed by atoms with Crippen LogP contribution in [0.2, 0.25) is 15.1 Å².